The lowest BCUT2D eigenvalue weighted by Gasteiger charge is -2.15. The molecule has 0 saturated carbocycles. The molecule has 1 amide bonds. The van der Waals surface area contributed by atoms with Crippen molar-refractivity contribution in [1.29, 1.82) is 0 Å². The van der Waals surface area contributed by atoms with Crippen LogP contribution in [0.4, 0.5) is 4.79 Å². The van der Waals surface area contributed by atoms with Crippen LogP contribution in [0.3, 0.4) is 0 Å². The molecule has 23 heavy (non-hydrogen) atoms. The fourth-order valence-electron chi connectivity index (χ4n) is 2.39. The molecule has 0 radical (unpaired) electrons. The fraction of sp³-hybridized carbons (Fsp3) is 0.588. The first-order valence-electron chi connectivity index (χ1n) is 8.16. The van der Waals surface area contributed by atoms with Gasteiger partial charge in [0.05, 0.1) is 6.61 Å². The van der Waals surface area contributed by atoms with Crippen LogP contribution in [0, 0.1) is 5.92 Å². The van der Waals surface area contributed by atoms with E-state index in [1.54, 1.807) is 18.2 Å². The number of carbonyl (C=O) groups is 2. The van der Waals surface area contributed by atoms with Gasteiger partial charge in [0.25, 0.3) is 0 Å². The Morgan fingerprint density at radius 1 is 1.26 bits per heavy atom. The zero-order valence-corrected chi connectivity index (χ0v) is 13.9. The number of pyridine rings is 1. The van der Waals surface area contributed by atoms with Gasteiger partial charge in [0.2, 0.25) is 5.88 Å². The van der Waals surface area contributed by atoms with Crippen molar-refractivity contribution in [3.8, 4) is 5.88 Å². The van der Waals surface area contributed by atoms with Crippen molar-refractivity contribution in [2.24, 2.45) is 5.92 Å². The summed E-state index contributed by atoms with van der Waals surface area (Å²) in [6.45, 7) is 5.00. The van der Waals surface area contributed by atoms with Crippen LogP contribution in [-0.4, -0.2) is 35.1 Å². The summed E-state index contributed by atoms with van der Waals surface area (Å²) in [5.74, 6) is 0.744. The van der Waals surface area contributed by atoms with E-state index in [1.165, 1.54) is 0 Å². The first kappa shape index (κ1) is 18.9. The zero-order valence-electron chi connectivity index (χ0n) is 13.9. The van der Waals surface area contributed by atoms with Gasteiger partial charge < -0.3 is 15.2 Å². The highest BCUT2D eigenvalue weighted by Crippen LogP contribution is 2.16. The zero-order chi connectivity index (χ0) is 17.1. The Balaban J connectivity index is 2.54. The molecule has 0 saturated heterocycles. The summed E-state index contributed by atoms with van der Waals surface area (Å²) in [6, 6.07) is 5.08. The molecule has 6 nitrogen and oxygen atoms in total. The van der Waals surface area contributed by atoms with E-state index in [0.717, 1.165) is 25.7 Å². The van der Waals surface area contributed by atoms with Gasteiger partial charge in [-0.3, -0.25) is 4.79 Å². The van der Waals surface area contributed by atoms with Gasteiger partial charge in [-0.05, 0) is 24.8 Å². The molecule has 0 aliphatic heterocycles. The van der Waals surface area contributed by atoms with Crippen LogP contribution in [0.2, 0.25) is 0 Å². The highest BCUT2D eigenvalue weighted by Gasteiger charge is 2.11. The molecule has 0 fully saturated rings. The predicted octanol–water partition coefficient (Wildman–Crippen LogP) is 3.52. The van der Waals surface area contributed by atoms with E-state index in [2.05, 4.69) is 24.1 Å². The predicted molar refractivity (Wildman–Crippen MR) is 88.0 cm³/mol. The first-order chi connectivity index (χ1) is 11.1. The average Bonchev–Trinajstić information content (AvgIpc) is 2.53. The molecule has 0 bridgehead atoms. The summed E-state index contributed by atoms with van der Waals surface area (Å²) in [6.07, 6.45) is 3.42. The molecular weight excluding hydrogens is 296 g/mol. The third kappa shape index (κ3) is 7.63. The molecule has 0 atom stereocenters. The summed E-state index contributed by atoms with van der Waals surface area (Å²) >= 11 is 0. The lowest BCUT2D eigenvalue weighted by atomic mass is 9.99. The number of amides is 1. The molecule has 6 heteroatoms. The Labute approximate surface area is 137 Å². The molecule has 1 rings (SSSR count). The lowest BCUT2D eigenvalue weighted by molar-refractivity contribution is 0.0976. The van der Waals surface area contributed by atoms with Gasteiger partial charge in [-0.2, -0.15) is 0 Å². The van der Waals surface area contributed by atoms with Gasteiger partial charge in [0.15, 0.2) is 5.78 Å². The van der Waals surface area contributed by atoms with E-state index in [0.29, 0.717) is 24.1 Å². The number of Topliss-reactive ketones (excluding diaryl/α,β-unsaturated/α-hetero) is 1. The normalized spacial score (nSPS) is 10.6. The number of hydrogen-bond donors (Lipinski definition) is 2. The number of carbonyl (C=O) groups excluding carboxylic acids is 1. The molecule has 0 aliphatic carbocycles. The standard InChI is InChI=1S/C17H26N2O4/c1-3-6-13(7-4-2)12-23-16-9-5-8-14(19-16)15(20)10-11-18-17(21)22/h5,8-9,13,18H,3-4,6-7,10-12H2,1-2H3,(H,21,22). The quantitative estimate of drug-likeness (QED) is 0.609. The Bertz CT molecular complexity index is 499. The largest absolute Gasteiger partial charge is 0.477 e. The van der Waals surface area contributed by atoms with Crippen LogP contribution in [-0.2, 0) is 0 Å². The Hall–Kier alpha value is -2.11. The first-order valence-corrected chi connectivity index (χ1v) is 8.16. The fourth-order valence-corrected chi connectivity index (χ4v) is 2.39. The second-order valence-electron chi connectivity index (χ2n) is 5.52. The average molecular weight is 322 g/mol. The molecule has 2 N–H and O–H groups in total. The van der Waals surface area contributed by atoms with Gasteiger partial charge >= 0.3 is 6.09 Å². The molecule has 1 heterocycles. The van der Waals surface area contributed by atoms with Crippen molar-refractivity contribution >= 4 is 11.9 Å². The number of ether oxygens (including phenoxy) is 1. The van der Waals surface area contributed by atoms with Gasteiger partial charge in [-0.25, -0.2) is 9.78 Å². The summed E-state index contributed by atoms with van der Waals surface area (Å²) in [5, 5.41) is 10.7. The van der Waals surface area contributed by atoms with E-state index >= 15 is 0 Å². The van der Waals surface area contributed by atoms with Crippen molar-refractivity contribution in [2.45, 2.75) is 46.0 Å². The van der Waals surface area contributed by atoms with Crippen LogP contribution in [0.5, 0.6) is 5.88 Å². The SMILES string of the molecule is CCCC(CCC)COc1cccc(C(=O)CCNC(=O)O)n1. The Morgan fingerprint density at radius 2 is 1.96 bits per heavy atom. The van der Waals surface area contributed by atoms with Gasteiger partial charge in [0, 0.05) is 19.0 Å². The summed E-state index contributed by atoms with van der Waals surface area (Å²) in [7, 11) is 0. The molecule has 1 aromatic rings. The minimum absolute atomic E-state index is 0.0794. The Kier molecular flexibility index (Phi) is 8.72. The molecule has 0 aromatic carbocycles. The summed E-state index contributed by atoms with van der Waals surface area (Å²) < 4.78 is 5.73. The molecule has 1 aromatic heterocycles. The third-order valence-electron chi connectivity index (χ3n) is 3.50. The van der Waals surface area contributed by atoms with Gasteiger partial charge in [0.1, 0.15) is 5.69 Å². The number of aromatic nitrogens is 1. The van der Waals surface area contributed by atoms with E-state index in [9.17, 15) is 9.59 Å². The number of nitrogens with one attached hydrogen (secondary N) is 1. The highest BCUT2D eigenvalue weighted by atomic mass is 16.5. The van der Waals surface area contributed by atoms with E-state index in [1.807, 2.05) is 0 Å². The molecule has 0 unspecified atom stereocenters. The summed E-state index contributed by atoms with van der Waals surface area (Å²) in [5.41, 5.74) is 0.303. The number of hydrogen-bond acceptors (Lipinski definition) is 4. The van der Waals surface area contributed by atoms with Gasteiger partial charge in [-0.1, -0.05) is 32.8 Å². The second kappa shape index (κ2) is 10.6. The maximum absolute atomic E-state index is 12.0. The Morgan fingerprint density at radius 3 is 2.57 bits per heavy atom. The van der Waals surface area contributed by atoms with Crippen molar-refractivity contribution in [3.05, 3.63) is 23.9 Å². The number of nitrogens with zero attached hydrogens (tertiary/aromatic N) is 1. The van der Waals surface area contributed by atoms with Gasteiger partial charge in [-0.15, -0.1) is 0 Å². The van der Waals surface area contributed by atoms with Crippen molar-refractivity contribution in [3.63, 3.8) is 0 Å². The van der Waals surface area contributed by atoms with E-state index < -0.39 is 6.09 Å². The van der Waals surface area contributed by atoms with Crippen LogP contribution >= 0.6 is 0 Å². The minimum Gasteiger partial charge on any atom is -0.477 e. The number of carboxylic acid groups (broad SMARTS) is 1. The minimum atomic E-state index is -1.14. The number of rotatable bonds is 11. The molecule has 0 aliphatic rings. The van der Waals surface area contributed by atoms with E-state index in [-0.39, 0.29) is 18.7 Å². The van der Waals surface area contributed by atoms with Crippen LogP contribution in [0.25, 0.3) is 0 Å². The molecular formula is C17H26N2O4. The van der Waals surface area contributed by atoms with Crippen molar-refractivity contribution in [1.82, 2.24) is 10.3 Å². The lowest BCUT2D eigenvalue weighted by Crippen LogP contribution is -2.24. The topological polar surface area (TPSA) is 88.5 Å². The van der Waals surface area contributed by atoms with Crippen LogP contribution in [0.1, 0.15) is 56.4 Å². The highest BCUT2D eigenvalue weighted by molar-refractivity contribution is 5.94. The third-order valence-corrected chi connectivity index (χ3v) is 3.50. The number of ketones is 1. The molecule has 128 valence electrons. The maximum atomic E-state index is 12.0. The van der Waals surface area contributed by atoms with E-state index in [4.69, 9.17) is 9.84 Å². The van der Waals surface area contributed by atoms with Crippen molar-refractivity contribution < 1.29 is 19.4 Å². The van der Waals surface area contributed by atoms with Crippen molar-refractivity contribution in [2.75, 3.05) is 13.2 Å². The second-order valence-corrected chi connectivity index (χ2v) is 5.52. The monoisotopic (exact) mass is 322 g/mol. The van der Waals surface area contributed by atoms with Crippen LogP contribution in [0.15, 0.2) is 18.2 Å². The smallest absolute Gasteiger partial charge is 0.404 e. The summed E-state index contributed by atoms with van der Waals surface area (Å²) in [4.78, 5) is 26.6. The molecule has 0 spiro atoms. The van der Waals surface area contributed by atoms with Crippen LogP contribution < -0.4 is 10.1 Å². The maximum Gasteiger partial charge on any atom is 0.404 e.